The Labute approximate surface area is 229 Å². The van der Waals surface area contributed by atoms with Gasteiger partial charge in [-0.1, -0.05) is 38.6 Å². The molecule has 1 N–H and O–H groups in total. The second kappa shape index (κ2) is 10.8. The molecule has 5 rings (SSSR count). The first-order valence-corrected chi connectivity index (χ1v) is 15.0. The topological polar surface area (TPSA) is 103 Å². The van der Waals surface area contributed by atoms with Crippen molar-refractivity contribution in [2.24, 2.45) is 0 Å². The third-order valence-corrected chi connectivity index (χ3v) is 8.09. The summed E-state index contributed by atoms with van der Waals surface area (Å²) in [5.74, 6) is 1.37. The van der Waals surface area contributed by atoms with Crippen LogP contribution >= 0.6 is 0 Å². The predicted molar refractivity (Wildman–Crippen MR) is 151 cm³/mol. The third kappa shape index (κ3) is 5.51. The zero-order valence-electron chi connectivity index (χ0n) is 22.6. The van der Waals surface area contributed by atoms with Crippen molar-refractivity contribution in [1.82, 2.24) is 19.5 Å². The highest BCUT2D eigenvalue weighted by atomic mass is 32.2. The Morgan fingerprint density at radius 3 is 2.59 bits per heavy atom. The minimum Gasteiger partial charge on any atom is -0.360 e. The number of sulfone groups is 1. The fourth-order valence-electron chi connectivity index (χ4n) is 5.04. The van der Waals surface area contributed by atoms with E-state index in [4.69, 9.17) is 21.3 Å². The van der Waals surface area contributed by atoms with Crippen LogP contribution in [0.15, 0.2) is 47.4 Å². The first-order chi connectivity index (χ1) is 18.7. The van der Waals surface area contributed by atoms with E-state index in [1.165, 1.54) is 6.26 Å². The fourth-order valence-corrected chi connectivity index (χ4v) is 5.89. The number of nitrogens with zero attached hydrogens (tertiary/aromatic N) is 5. The third-order valence-electron chi connectivity index (χ3n) is 6.93. The van der Waals surface area contributed by atoms with E-state index < -0.39 is 9.84 Å². The Kier molecular flexibility index (Phi) is 7.38. The van der Waals surface area contributed by atoms with E-state index in [0.29, 0.717) is 41.4 Å². The van der Waals surface area contributed by atoms with E-state index in [9.17, 15) is 8.42 Å². The summed E-state index contributed by atoms with van der Waals surface area (Å²) in [5.41, 5.74) is 4.79. The molecule has 1 unspecified atom stereocenters. The molecule has 0 saturated carbocycles. The number of ether oxygens (including phenoxy) is 1. The Bertz CT molecular complexity index is 1680. The molecule has 0 bridgehead atoms. The quantitative estimate of drug-likeness (QED) is 0.274. The Morgan fingerprint density at radius 1 is 1.10 bits per heavy atom. The Hall–Kier alpha value is -3.81. The van der Waals surface area contributed by atoms with Gasteiger partial charge in [-0.2, -0.15) is 0 Å². The highest BCUT2D eigenvalue weighted by molar-refractivity contribution is 7.90. The van der Waals surface area contributed by atoms with Crippen LogP contribution in [0.25, 0.3) is 16.0 Å². The molecule has 1 fully saturated rings. The summed E-state index contributed by atoms with van der Waals surface area (Å²) in [7, 11) is -3.47. The molecule has 1 atom stereocenters. The second-order valence-corrected chi connectivity index (χ2v) is 12.2. The standard InChI is InChI=1S/C29H32N6O3S/c1-18(2)22-14-13-20(32-28(22)30-4)16-21-17-24(34-23-10-6-7-11-25(23)39(5,36)37)27-29(33-21)35(19(3)31-27)26-12-8-9-15-38-26/h6-7,10-11,13-14,17-18,26H,8-9,12,15-16H2,1-3,5H3,(H,33,34). The lowest BCUT2D eigenvalue weighted by molar-refractivity contribution is -0.0309. The van der Waals surface area contributed by atoms with Gasteiger partial charge in [0.2, 0.25) is 0 Å². The number of hydrogen-bond donors (Lipinski definition) is 1. The molecule has 0 aliphatic carbocycles. The molecule has 0 radical (unpaired) electrons. The number of benzene rings is 1. The summed E-state index contributed by atoms with van der Waals surface area (Å²) in [6.45, 7) is 14.3. The van der Waals surface area contributed by atoms with Gasteiger partial charge in [-0.15, -0.1) is 4.98 Å². The zero-order valence-corrected chi connectivity index (χ0v) is 23.4. The zero-order chi connectivity index (χ0) is 27.7. The minimum atomic E-state index is -3.47. The monoisotopic (exact) mass is 544 g/mol. The van der Waals surface area contributed by atoms with Crippen LogP contribution in [0.1, 0.15) is 68.0 Å². The first-order valence-electron chi connectivity index (χ1n) is 13.1. The molecule has 1 saturated heterocycles. The van der Waals surface area contributed by atoms with Crippen LogP contribution in [0.5, 0.6) is 0 Å². The minimum absolute atomic E-state index is 0.167. The van der Waals surface area contributed by atoms with Crippen LogP contribution in [0.3, 0.4) is 0 Å². The number of imidazole rings is 1. The van der Waals surface area contributed by atoms with E-state index in [0.717, 1.165) is 42.0 Å². The first kappa shape index (κ1) is 26.8. The maximum Gasteiger partial charge on any atom is 0.273 e. The van der Waals surface area contributed by atoms with E-state index >= 15 is 0 Å². The molecule has 202 valence electrons. The lowest BCUT2D eigenvalue weighted by Crippen LogP contribution is -2.19. The molecule has 0 spiro atoms. The number of aryl methyl sites for hydroxylation is 1. The van der Waals surface area contributed by atoms with Crippen molar-refractivity contribution in [3.05, 3.63) is 76.7 Å². The maximum atomic E-state index is 12.5. The SMILES string of the molecule is [C-]#[N+]c1nc(Cc2cc(Nc3ccccc3S(C)(=O)=O)c3nc(C)n(C4CCCCO4)c3n2)ccc1C(C)C. The van der Waals surface area contributed by atoms with Gasteiger partial charge in [-0.25, -0.2) is 18.4 Å². The van der Waals surface area contributed by atoms with Gasteiger partial charge in [0, 0.05) is 12.9 Å². The summed E-state index contributed by atoms with van der Waals surface area (Å²) in [4.78, 5) is 18.3. The summed E-state index contributed by atoms with van der Waals surface area (Å²) in [5, 5.41) is 3.33. The maximum absolute atomic E-state index is 12.5. The molecule has 4 heterocycles. The van der Waals surface area contributed by atoms with Gasteiger partial charge in [0.1, 0.15) is 23.3 Å². The molecule has 1 aliphatic rings. The van der Waals surface area contributed by atoms with Crippen molar-refractivity contribution in [3.8, 4) is 0 Å². The highest BCUT2D eigenvalue weighted by Gasteiger charge is 2.24. The largest absolute Gasteiger partial charge is 0.360 e. The summed E-state index contributed by atoms with van der Waals surface area (Å²) in [6, 6.07) is 12.6. The van der Waals surface area contributed by atoms with E-state index in [1.807, 2.05) is 43.5 Å². The van der Waals surface area contributed by atoms with Gasteiger partial charge in [-0.05, 0) is 61.9 Å². The summed E-state index contributed by atoms with van der Waals surface area (Å²) < 4.78 is 33.1. The van der Waals surface area contributed by atoms with E-state index in [-0.39, 0.29) is 17.0 Å². The van der Waals surface area contributed by atoms with Crippen molar-refractivity contribution in [2.45, 2.75) is 63.5 Å². The van der Waals surface area contributed by atoms with E-state index in [2.05, 4.69) is 15.1 Å². The van der Waals surface area contributed by atoms with Crippen molar-refractivity contribution in [3.63, 3.8) is 0 Å². The van der Waals surface area contributed by atoms with Crippen LogP contribution < -0.4 is 5.32 Å². The van der Waals surface area contributed by atoms with Crippen LogP contribution in [-0.4, -0.2) is 40.8 Å². The molecular formula is C29H32N6O3S. The molecule has 9 nitrogen and oxygen atoms in total. The van der Waals surface area contributed by atoms with Gasteiger partial charge < -0.3 is 14.9 Å². The molecule has 1 aliphatic heterocycles. The van der Waals surface area contributed by atoms with Crippen LogP contribution in [-0.2, 0) is 21.0 Å². The number of rotatable bonds is 7. The van der Waals surface area contributed by atoms with E-state index in [1.54, 1.807) is 24.3 Å². The van der Waals surface area contributed by atoms with Gasteiger partial charge in [0.15, 0.2) is 15.5 Å². The van der Waals surface area contributed by atoms with Gasteiger partial charge in [0.25, 0.3) is 5.82 Å². The Balaban J connectivity index is 1.64. The predicted octanol–water partition coefficient (Wildman–Crippen LogP) is 6.25. The van der Waals surface area contributed by atoms with Gasteiger partial charge in [0.05, 0.1) is 28.4 Å². The molecule has 4 aromatic rings. The molecule has 1 aromatic carbocycles. The van der Waals surface area contributed by atoms with Crippen molar-refractivity contribution < 1.29 is 13.2 Å². The van der Waals surface area contributed by atoms with Gasteiger partial charge in [-0.3, -0.25) is 4.57 Å². The molecular weight excluding hydrogens is 512 g/mol. The van der Waals surface area contributed by atoms with Crippen LogP contribution in [0.4, 0.5) is 17.2 Å². The number of nitrogens with one attached hydrogen (secondary N) is 1. The number of aromatic nitrogens is 4. The second-order valence-electron chi connectivity index (χ2n) is 10.2. The lowest BCUT2D eigenvalue weighted by Gasteiger charge is -2.25. The van der Waals surface area contributed by atoms with Crippen molar-refractivity contribution >= 4 is 38.2 Å². The van der Waals surface area contributed by atoms with Crippen molar-refractivity contribution in [2.75, 3.05) is 18.2 Å². The highest BCUT2D eigenvalue weighted by Crippen LogP contribution is 2.34. The van der Waals surface area contributed by atoms with Crippen molar-refractivity contribution in [1.29, 1.82) is 0 Å². The smallest absolute Gasteiger partial charge is 0.273 e. The summed E-state index contributed by atoms with van der Waals surface area (Å²) in [6.07, 6.45) is 4.38. The average molecular weight is 545 g/mol. The Morgan fingerprint density at radius 2 is 1.90 bits per heavy atom. The molecule has 0 amide bonds. The fraction of sp³-hybridized carbons (Fsp3) is 0.379. The number of pyridine rings is 2. The number of hydrogen-bond acceptors (Lipinski definition) is 7. The number of fused-ring (bicyclic) bond motifs is 1. The number of para-hydroxylation sites is 1. The van der Waals surface area contributed by atoms with Crippen LogP contribution in [0, 0.1) is 13.5 Å². The summed E-state index contributed by atoms with van der Waals surface area (Å²) >= 11 is 0. The average Bonchev–Trinajstić information content (AvgIpc) is 3.24. The molecule has 3 aromatic heterocycles. The molecule has 10 heteroatoms. The lowest BCUT2D eigenvalue weighted by atomic mass is 10.0. The normalized spacial score (nSPS) is 15.9. The number of anilines is 2. The van der Waals surface area contributed by atoms with Crippen LogP contribution in [0.2, 0.25) is 0 Å². The molecule has 39 heavy (non-hydrogen) atoms. The van der Waals surface area contributed by atoms with Gasteiger partial charge >= 0.3 is 0 Å².